The van der Waals surface area contributed by atoms with E-state index in [0.717, 1.165) is 18.5 Å². The number of carbonyl (C=O) groups excluding carboxylic acids is 2. The van der Waals surface area contributed by atoms with Crippen LogP contribution in [0, 0.1) is 15.5 Å². The number of amides is 2. The summed E-state index contributed by atoms with van der Waals surface area (Å²) in [5.74, 6) is -0.423. The zero-order chi connectivity index (χ0) is 27.2. The van der Waals surface area contributed by atoms with Crippen LogP contribution in [0.15, 0.2) is 35.1 Å². The maximum Gasteiger partial charge on any atom is 0.294 e. The molecule has 38 heavy (non-hydrogen) atoms. The number of nitrogens with one attached hydrogen (secondary N) is 2. The fraction of sp³-hybridized carbons (Fsp3) is 0.500. The standard InChI is InChI=1S/C26H31BrN6O5/c1-15-11-31(12-16(2)38-15)25(35)20-7-18(27)8-21(33(36)37)23(20)30-22-13-32(14-26(22)4-5-26)24(34)17-6-19(28-3)10-29-9-17/h6-10,15-16,22,28,30H,4-5,11-14H2,1-3H3/t15-,16+,22-/m0/s1. The van der Waals surface area contributed by atoms with Gasteiger partial charge in [0.25, 0.3) is 17.5 Å². The zero-order valence-electron chi connectivity index (χ0n) is 21.6. The smallest absolute Gasteiger partial charge is 0.294 e. The third kappa shape index (κ3) is 5.06. The van der Waals surface area contributed by atoms with Crippen LogP contribution in [0.1, 0.15) is 47.4 Å². The molecule has 3 heterocycles. The van der Waals surface area contributed by atoms with Gasteiger partial charge in [0.1, 0.15) is 5.69 Å². The predicted octanol–water partition coefficient (Wildman–Crippen LogP) is 3.76. The van der Waals surface area contributed by atoms with Crippen molar-refractivity contribution >= 4 is 44.8 Å². The fourth-order valence-corrected chi connectivity index (χ4v) is 6.06. The van der Waals surface area contributed by atoms with Gasteiger partial charge in [0.05, 0.1) is 40.0 Å². The Labute approximate surface area is 229 Å². The van der Waals surface area contributed by atoms with Gasteiger partial charge in [0.2, 0.25) is 0 Å². The molecular weight excluding hydrogens is 556 g/mol. The maximum absolute atomic E-state index is 13.7. The highest BCUT2D eigenvalue weighted by molar-refractivity contribution is 9.10. The number of halogens is 1. The van der Waals surface area contributed by atoms with E-state index in [0.29, 0.717) is 36.2 Å². The Kier molecular flexibility index (Phi) is 7.03. The minimum atomic E-state index is -0.471. The van der Waals surface area contributed by atoms with Crippen LogP contribution < -0.4 is 10.6 Å². The lowest BCUT2D eigenvalue weighted by Crippen LogP contribution is -2.48. The number of nitro benzene ring substituents is 1. The second-order valence-corrected chi connectivity index (χ2v) is 11.4. The summed E-state index contributed by atoms with van der Waals surface area (Å²) in [7, 11) is 1.77. The minimum absolute atomic E-state index is 0.136. The molecule has 11 nitrogen and oxygen atoms in total. The van der Waals surface area contributed by atoms with Crippen molar-refractivity contribution in [3.8, 4) is 0 Å². The van der Waals surface area contributed by atoms with Gasteiger partial charge in [-0.25, -0.2) is 0 Å². The average Bonchev–Trinajstić information content (AvgIpc) is 3.58. The van der Waals surface area contributed by atoms with E-state index in [1.165, 1.54) is 6.07 Å². The van der Waals surface area contributed by atoms with Gasteiger partial charge in [-0.2, -0.15) is 0 Å². The number of rotatable bonds is 6. The highest BCUT2D eigenvalue weighted by Crippen LogP contribution is 2.54. The number of aromatic nitrogens is 1. The number of pyridine rings is 1. The van der Waals surface area contributed by atoms with Gasteiger partial charge < -0.3 is 25.2 Å². The van der Waals surface area contributed by atoms with Gasteiger partial charge in [0, 0.05) is 61.6 Å². The monoisotopic (exact) mass is 586 g/mol. The van der Waals surface area contributed by atoms with Crippen molar-refractivity contribution in [3.05, 3.63) is 56.3 Å². The van der Waals surface area contributed by atoms with Gasteiger partial charge in [-0.3, -0.25) is 24.7 Å². The summed E-state index contributed by atoms with van der Waals surface area (Å²) in [4.78, 5) is 46.3. The normalized spacial score (nSPS) is 23.8. The van der Waals surface area contributed by atoms with Gasteiger partial charge in [-0.1, -0.05) is 15.9 Å². The molecule has 1 spiro atoms. The van der Waals surface area contributed by atoms with Crippen LogP contribution in [-0.2, 0) is 4.74 Å². The number of morpholine rings is 1. The third-order valence-corrected chi connectivity index (χ3v) is 8.09. The highest BCUT2D eigenvalue weighted by atomic mass is 79.9. The number of anilines is 2. The molecule has 3 atom stereocenters. The van der Waals surface area contributed by atoms with Crippen LogP contribution in [0.2, 0.25) is 0 Å². The van der Waals surface area contributed by atoms with E-state index in [4.69, 9.17) is 4.74 Å². The van der Waals surface area contributed by atoms with Crippen LogP contribution in [-0.4, -0.2) is 83.0 Å². The summed E-state index contributed by atoms with van der Waals surface area (Å²) in [6.45, 7) is 5.52. The zero-order valence-corrected chi connectivity index (χ0v) is 23.2. The van der Waals surface area contributed by atoms with E-state index in [-0.39, 0.29) is 52.4 Å². The largest absolute Gasteiger partial charge is 0.387 e. The molecule has 2 saturated heterocycles. The van der Waals surface area contributed by atoms with Gasteiger partial charge in [-0.15, -0.1) is 0 Å². The van der Waals surface area contributed by atoms with Crippen LogP contribution in [0.4, 0.5) is 17.1 Å². The molecule has 3 aliphatic rings. The molecule has 2 amide bonds. The van der Waals surface area contributed by atoms with Crippen LogP contribution in [0.25, 0.3) is 0 Å². The molecule has 1 aliphatic carbocycles. The first kappa shape index (κ1) is 26.4. The molecule has 12 heteroatoms. The second kappa shape index (κ2) is 10.1. The van der Waals surface area contributed by atoms with Crippen LogP contribution in [0.3, 0.4) is 0 Å². The Morgan fingerprint density at radius 3 is 2.45 bits per heavy atom. The van der Waals surface area contributed by atoms with Crippen molar-refractivity contribution in [3.63, 3.8) is 0 Å². The second-order valence-electron chi connectivity index (χ2n) is 10.5. The summed E-state index contributed by atoms with van der Waals surface area (Å²) in [5.41, 5.74) is 1.29. The number of hydrogen-bond donors (Lipinski definition) is 2. The average molecular weight is 587 g/mol. The van der Waals surface area contributed by atoms with Gasteiger partial charge in [-0.05, 0) is 38.8 Å². The van der Waals surface area contributed by atoms with E-state index in [1.54, 1.807) is 41.4 Å². The predicted molar refractivity (Wildman–Crippen MR) is 145 cm³/mol. The first-order valence-corrected chi connectivity index (χ1v) is 13.5. The molecule has 0 unspecified atom stereocenters. The van der Waals surface area contributed by atoms with Crippen LogP contribution >= 0.6 is 15.9 Å². The summed E-state index contributed by atoms with van der Waals surface area (Å²) in [6.07, 6.45) is 4.71. The lowest BCUT2D eigenvalue weighted by Gasteiger charge is -2.35. The quantitative estimate of drug-likeness (QED) is 0.386. The van der Waals surface area contributed by atoms with Crippen molar-refractivity contribution in [2.75, 3.05) is 43.9 Å². The van der Waals surface area contributed by atoms with Crippen molar-refractivity contribution in [1.82, 2.24) is 14.8 Å². The molecule has 1 aromatic heterocycles. The number of nitrogens with zero attached hydrogens (tertiary/aromatic N) is 4. The fourth-order valence-electron chi connectivity index (χ4n) is 5.61. The highest BCUT2D eigenvalue weighted by Gasteiger charge is 2.56. The van der Waals surface area contributed by atoms with E-state index in [2.05, 4.69) is 31.5 Å². The Morgan fingerprint density at radius 1 is 1.11 bits per heavy atom. The van der Waals surface area contributed by atoms with Crippen molar-refractivity contribution in [1.29, 1.82) is 0 Å². The number of nitro groups is 1. The third-order valence-electron chi connectivity index (χ3n) is 7.64. The molecule has 5 rings (SSSR count). The van der Waals surface area contributed by atoms with Gasteiger partial charge >= 0.3 is 0 Å². The Balaban J connectivity index is 1.45. The number of carbonyl (C=O) groups is 2. The van der Waals surface area contributed by atoms with E-state index < -0.39 is 4.92 Å². The van der Waals surface area contributed by atoms with Crippen molar-refractivity contribution in [2.45, 2.75) is 44.9 Å². The van der Waals surface area contributed by atoms with E-state index in [1.807, 2.05) is 13.8 Å². The first-order chi connectivity index (χ1) is 18.1. The minimum Gasteiger partial charge on any atom is -0.387 e. The Bertz CT molecular complexity index is 1270. The maximum atomic E-state index is 13.7. The van der Waals surface area contributed by atoms with Gasteiger partial charge in [0.15, 0.2) is 0 Å². The van der Waals surface area contributed by atoms with E-state index >= 15 is 0 Å². The number of ether oxygens (including phenoxy) is 1. The topological polar surface area (TPSA) is 130 Å². The molecule has 1 saturated carbocycles. The molecule has 2 N–H and O–H groups in total. The SMILES string of the molecule is CNc1cncc(C(=O)N2C[C@H](Nc3c(C(=O)N4C[C@@H](C)O[C@@H](C)C4)cc(Br)cc3[N+](=O)[O-])C3(CC3)C2)c1. The number of likely N-dealkylation sites (tertiary alicyclic amines) is 1. The molecule has 3 fully saturated rings. The number of hydrogen-bond acceptors (Lipinski definition) is 8. The Hall–Kier alpha value is -3.25. The molecule has 0 radical (unpaired) electrons. The lowest BCUT2D eigenvalue weighted by molar-refractivity contribution is -0.384. The first-order valence-electron chi connectivity index (χ1n) is 12.7. The summed E-state index contributed by atoms with van der Waals surface area (Å²) in [5, 5.41) is 18.5. The lowest BCUT2D eigenvalue weighted by atomic mass is 9.99. The summed E-state index contributed by atoms with van der Waals surface area (Å²) in [6, 6.07) is 4.57. The Morgan fingerprint density at radius 2 is 1.82 bits per heavy atom. The molecule has 2 aliphatic heterocycles. The number of benzene rings is 1. The summed E-state index contributed by atoms with van der Waals surface area (Å²) >= 11 is 3.35. The van der Waals surface area contributed by atoms with Crippen LogP contribution in [0.5, 0.6) is 0 Å². The van der Waals surface area contributed by atoms with Crippen molar-refractivity contribution in [2.24, 2.45) is 5.41 Å². The molecule has 1 aromatic carbocycles. The molecule has 0 bridgehead atoms. The molecular formula is C26H31BrN6O5. The molecule has 202 valence electrons. The molecule has 2 aromatic rings. The summed E-state index contributed by atoms with van der Waals surface area (Å²) < 4.78 is 6.23. The van der Waals surface area contributed by atoms with Crippen molar-refractivity contribution < 1.29 is 19.2 Å². The van der Waals surface area contributed by atoms with E-state index in [9.17, 15) is 19.7 Å².